The number of halogens is 1. The van der Waals surface area contributed by atoms with Crippen LogP contribution in [0.3, 0.4) is 0 Å². The molecule has 0 N–H and O–H groups in total. The van der Waals surface area contributed by atoms with Crippen LogP contribution in [-0.4, -0.2) is 9.38 Å². The zero-order valence-electron chi connectivity index (χ0n) is 7.31. The summed E-state index contributed by atoms with van der Waals surface area (Å²) in [5.41, 5.74) is 0.667. The average Bonchev–Trinajstić information content (AvgIpc) is 2.59. The van der Waals surface area contributed by atoms with Crippen LogP contribution in [0.4, 0.5) is 4.39 Å². The third-order valence-electron chi connectivity index (χ3n) is 2.32. The Hall–Kier alpha value is -1.90. The maximum absolute atomic E-state index is 12.9. The van der Waals surface area contributed by atoms with E-state index in [2.05, 4.69) is 4.98 Å². The molecule has 0 atom stereocenters. The van der Waals surface area contributed by atoms with Crippen molar-refractivity contribution in [2.24, 2.45) is 0 Å². The van der Waals surface area contributed by atoms with Gasteiger partial charge in [-0.15, -0.1) is 0 Å². The molecule has 2 aromatic heterocycles. The van der Waals surface area contributed by atoms with Crippen molar-refractivity contribution in [1.29, 1.82) is 0 Å². The molecule has 3 aromatic rings. The lowest BCUT2D eigenvalue weighted by molar-refractivity contribution is 0.592. The summed E-state index contributed by atoms with van der Waals surface area (Å²) < 4.78 is 14.6. The van der Waals surface area contributed by atoms with E-state index in [0.29, 0.717) is 5.65 Å². The van der Waals surface area contributed by atoms with Crippen molar-refractivity contribution in [2.45, 2.75) is 0 Å². The van der Waals surface area contributed by atoms with E-state index >= 15 is 0 Å². The highest BCUT2D eigenvalue weighted by molar-refractivity contribution is 5.93. The average molecular weight is 186 g/mol. The van der Waals surface area contributed by atoms with Crippen LogP contribution in [0.1, 0.15) is 0 Å². The lowest BCUT2D eigenvalue weighted by atomic mass is 10.2. The molecule has 0 saturated heterocycles. The summed E-state index contributed by atoms with van der Waals surface area (Å²) in [6.45, 7) is 0. The fourth-order valence-corrected chi connectivity index (χ4v) is 1.68. The fraction of sp³-hybridized carbons (Fsp3) is 0. The first kappa shape index (κ1) is 7.50. The third-order valence-corrected chi connectivity index (χ3v) is 2.32. The van der Waals surface area contributed by atoms with Crippen LogP contribution < -0.4 is 0 Å². The van der Waals surface area contributed by atoms with Gasteiger partial charge in [-0.05, 0) is 11.5 Å². The Kier molecular flexibility index (Phi) is 1.36. The molecule has 0 spiro atoms. The number of nitrogens with zero attached hydrogens (tertiary/aromatic N) is 2. The van der Waals surface area contributed by atoms with Gasteiger partial charge in [-0.25, -0.2) is 0 Å². The van der Waals surface area contributed by atoms with Gasteiger partial charge < -0.3 is 4.40 Å². The molecule has 1 aromatic carbocycles. The minimum absolute atomic E-state index is 0.443. The van der Waals surface area contributed by atoms with Crippen LogP contribution in [0.5, 0.6) is 0 Å². The molecule has 68 valence electrons. The van der Waals surface area contributed by atoms with E-state index in [1.807, 2.05) is 36.5 Å². The largest absolute Gasteiger partial charge is 0.303 e. The van der Waals surface area contributed by atoms with E-state index in [4.69, 9.17) is 0 Å². The molecule has 3 rings (SSSR count). The Morgan fingerprint density at radius 1 is 1.14 bits per heavy atom. The molecule has 0 fully saturated rings. The first-order valence-corrected chi connectivity index (χ1v) is 4.36. The van der Waals surface area contributed by atoms with Crippen LogP contribution in [0, 0.1) is 5.95 Å². The van der Waals surface area contributed by atoms with E-state index in [1.165, 1.54) is 6.20 Å². The summed E-state index contributed by atoms with van der Waals surface area (Å²) >= 11 is 0. The zero-order chi connectivity index (χ0) is 9.54. The second-order valence-corrected chi connectivity index (χ2v) is 3.20. The first-order valence-electron chi connectivity index (χ1n) is 4.36. The summed E-state index contributed by atoms with van der Waals surface area (Å²) in [6.07, 6.45) is 3.19. The van der Waals surface area contributed by atoms with E-state index in [0.717, 1.165) is 10.8 Å². The topological polar surface area (TPSA) is 17.3 Å². The quantitative estimate of drug-likeness (QED) is 0.527. The van der Waals surface area contributed by atoms with Crippen LogP contribution in [-0.2, 0) is 0 Å². The molecule has 0 aliphatic rings. The van der Waals surface area contributed by atoms with Crippen molar-refractivity contribution in [3.8, 4) is 0 Å². The molecule has 14 heavy (non-hydrogen) atoms. The standard InChI is InChI=1S/C11H7FN2/c12-10-7-14-6-5-8-3-1-2-4-9(8)11(14)13-10/h1-7H. The van der Waals surface area contributed by atoms with Gasteiger partial charge in [0.15, 0.2) is 0 Å². The normalized spacial score (nSPS) is 11.2. The predicted octanol–water partition coefficient (Wildman–Crippen LogP) is 2.63. The number of aromatic nitrogens is 2. The summed E-state index contributed by atoms with van der Waals surface area (Å²) in [5.74, 6) is -0.443. The highest BCUT2D eigenvalue weighted by atomic mass is 19.1. The maximum atomic E-state index is 12.9. The van der Waals surface area contributed by atoms with Crippen molar-refractivity contribution in [3.63, 3.8) is 0 Å². The van der Waals surface area contributed by atoms with Gasteiger partial charge in [-0.2, -0.15) is 9.37 Å². The summed E-state index contributed by atoms with van der Waals surface area (Å²) in [4.78, 5) is 3.84. The highest BCUT2D eigenvalue weighted by Gasteiger charge is 2.03. The van der Waals surface area contributed by atoms with Gasteiger partial charge in [0.05, 0.1) is 6.20 Å². The second kappa shape index (κ2) is 2.54. The summed E-state index contributed by atoms with van der Waals surface area (Å²) in [6, 6.07) is 9.76. The van der Waals surface area contributed by atoms with E-state index < -0.39 is 5.95 Å². The molecule has 2 heterocycles. The number of hydrogen-bond acceptors (Lipinski definition) is 1. The van der Waals surface area contributed by atoms with Crippen LogP contribution >= 0.6 is 0 Å². The van der Waals surface area contributed by atoms with Gasteiger partial charge in [-0.3, -0.25) is 0 Å². The van der Waals surface area contributed by atoms with E-state index in [1.54, 1.807) is 4.40 Å². The minimum atomic E-state index is -0.443. The molecule has 0 amide bonds. The van der Waals surface area contributed by atoms with E-state index in [-0.39, 0.29) is 0 Å². The number of hydrogen-bond donors (Lipinski definition) is 0. The minimum Gasteiger partial charge on any atom is -0.303 e. The monoisotopic (exact) mass is 186 g/mol. The SMILES string of the molecule is Fc1cn2ccc3ccccc3c2n1. The fourth-order valence-electron chi connectivity index (χ4n) is 1.68. The number of pyridine rings is 1. The molecule has 0 saturated carbocycles. The van der Waals surface area contributed by atoms with E-state index in [9.17, 15) is 4.39 Å². The lowest BCUT2D eigenvalue weighted by Gasteiger charge is -1.98. The van der Waals surface area contributed by atoms with Gasteiger partial charge in [0.1, 0.15) is 5.65 Å². The highest BCUT2D eigenvalue weighted by Crippen LogP contribution is 2.18. The summed E-state index contributed by atoms with van der Waals surface area (Å²) in [7, 11) is 0. The Balaban J connectivity index is 2.60. The van der Waals surface area contributed by atoms with Crippen molar-refractivity contribution in [1.82, 2.24) is 9.38 Å². The molecule has 2 nitrogen and oxygen atoms in total. The van der Waals surface area contributed by atoms with Crippen LogP contribution in [0.2, 0.25) is 0 Å². The second-order valence-electron chi connectivity index (χ2n) is 3.20. The number of rotatable bonds is 0. The van der Waals surface area contributed by atoms with Gasteiger partial charge in [0, 0.05) is 11.6 Å². The van der Waals surface area contributed by atoms with Gasteiger partial charge >= 0.3 is 0 Å². The molecule has 0 bridgehead atoms. The first-order chi connectivity index (χ1) is 6.84. The third kappa shape index (κ3) is 0.923. The number of fused-ring (bicyclic) bond motifs is 3. The number of benzene rings is 1. The van der Waals surface area contributed by atoms with Crippen molar-refractivity contribution in [3.05, 3.63) is 48.7 Å². The van der Waals surface area contributed by atoms with Crippen LogP contribution in [0.15, 0.2) is 42.7 Å². The maximum Gasteiger partial charge on any atom is 0.231 e. The molecule has 0 radical (unpaired) electrons. The molecule has 3 heteroatoms. The smallest absolute Gasteiger partial charge is 0.231 e. The molecule has 0 aliphatic carbocycles. The Labute approximate surface area is 79.6 Å². The van der Waals surface area contributed by atoms with Crippen molar-refractivity contribution < 1.29 is 4.39 Å². The molecular weight excluding hydrogens is 179 g/mol. The van der Waals surface area contributed by atoms with Crippen molar-refractivity contribution in [2.75, 3.05) is 0 Å². The zero-order valence-corrected chi connectivity index (χ0v) is 7.31. The predicted molar refractivity (Wildman–Crippen MR) is 52.7 cm³/mol. The lowest BCUT2D eigenvalue weighted by Crippen LogP contribution is -1.83. The summed E-state index contributed by atoms with van der Waals surface area (Å²) in [5, 5.41) is 2.05. The number of imidazole rings is 1. The Morgan fingerprint density at radius 2 is 2.00 bits per heavy atom. The van der Waals surface area contributed by atoms with Gasteiger partial charge in [0.25, 0.3) is 0 Å². The molecular formula is C11H7FN2. The van der Waals surface area contributed by atoms with Gasteiger partial charge in [-0.1, -0.05) is 24.3 Å². The van der Waals surface area contributed by atoms with Gasteiger partial charge in [0.2, 0.25) is 5.95 Å². The Bertz CT molecular complexity index is 613. The molecule has 0 unspecified atom stereocenters. The Morgan fingerprint density at radius 3 is 2.93 bits per heavy atom. The van der Waals surface area contributed by atoms with Crippen molar-refractivity contribution >= 4 is 16.4 Å². The molecule has 0 aliphatic heterocycles. The van der Waals surface area contributed by atoms with Crippen LogP contribution in [0.25, 0.3) is 16.4 Å².